The van der Waals surface area contributed by atoms with E-state index in [0.29, 0.717) is 23.8 Å². The van der Waals surface area contributed by atoms with Gasteiger partial charge in [0.2, 0.25) is 0 Å². The lowest BCUT2D eigenvalue weighted by Gasteiger charge is -2.09. The molecule has 0 atom stereocenters. The van der Waals surface area contributed by atoms with Crippen molar-refractivity contribution in [3.63, 3.8) is 0 Å². The topological polar surface area (TPSA) is 90.1 Å². The van der Waals surface area contributed by atoms with Crippen LogP contribution in [-0.4, -0.2) is 30.8 Å². The van der Waals surface area contributed by atoms with E-state index >= 15 is 0 Å². The zero-order chi connectivity index (χ0) is 15.2. The van der Waals surface area contributed by atoms with Gasteiger partial charge in [0.25, 0.3) is 0 Å². The molecule has 0 saturated heterocycles. The molecule has 1 N–H and O–H groups in total. The third kappa shape index (κ3) is 3.88. The molecular formula is C14H16N4O3. The second kappa shape index (κ2) is 6.65. The first kappa shape index (κ1) is 14.7. The van der Waals surface area contributed by atoms with Crippen LogP contribution in [-0.2, 0) is 17.9 Å². The second-order valence-electron chi connectivity index (χ2n) is 4.29. The van der Waals surface area contributed by atoms with Crippen LogP contribution >= 0.6 is 0 Å². The number of hydrogen-bond acceptors (Lipinski definition) is 5. The van der Waals surface area contributed by atoms with Crippen LogP contribution in [0.3, 0.4) is 0 Å². The summed E-state index contributed by atoms with van der Waals surface area (Å²) in [5, 5.41) is 12.8. The molecule has 7 heteroatoms. The number of aryl methyl sites for hydroxylation is 2. The van der Waals surface area contributed by atoms with Crippen molar-refractivity contribution in [1.82, 2.24) is 19.7 Å². The molecule has 110 valence electrons. The van der Waals surface area contributed by atoms with E-state index in [4.69, 9.17) is 9.84 Å². The number of nitrogens with zero attached hydrogens (tertiary/aromatic N) is 4. The number of aromatic nitrogens is 4. The first-order chi connectivity index (χ1) is 10.1. The zero-order valence-electron chi connectivity index (χ0n) is 11.9. The number of pyridine rings is 1. The Balaban J connectivity index is 2.17. The van der Waals surface area contributed by atoms with Gasteiger partial charge < -0.3 is 9.84 Å². The lowest BCUT2D eigenvalue weighted by Crippen LogP contribution is -2.08. The summed E-state index contributed by atoms with van der Waals surface area (Å²) in [5.74, 6) is 0.171. The Hall–Kier alpha value is -2.70. The Kier molecular flexibility index (Phi) is 4.65. The molecule has 0 fully saturated rings. The van der Waals surface area contributed by atoms with E-state index < -0.39 is 5.97 Å². The highest BCUT2D eigenvalue weighted by Crippen LogP contribution is 2.19. The summed E-state index contributed by atoms with van der Waals surface area (Å²) in [4.78, 5) is 19.0. The Labute approximate surface area is 121 Å². The number of rotatable bonds is 6. The summed E-state index contributed by atoms with van der Waals surface area (Å²) in [6.07, 6.45) is 3.92. The molecular weight excluding hydrogens is 272 g/mol. The highest BCUT2D eigenvalue weighted by Gasteiger charge is 2.07. The van der Waals surface area contributed by atoms with Gasteiger partial charge in [-0.15, -0.1) is 0 Å². The molecule has 0 aliphatic rings. The molecule has 0 aromatic carbocycles. The quantitative estimate of drug-likeness (QED) is 0.813. The van der Waals surface area contributed by atoms with Crippen molar-refractivity contribution < 1.29 is 14.6 Å². The molecule has 0 radical (unpaired) electrons. The van der Waals surface area contributed by atoms with E-state index in [9.17, 15) is 4.79 Å². The van der Waals surface area contributed by atoms with Gasteiger partial charge in [-0.3, -0.25) is 0 Å². The Bertz CT molecular complexity index is 664. The molecule has 0 spiro atoms. The molecule has 21 heavy (non-hydrogen) atoms. The van der Waals surface area contributed by atoms with Crippen LogP contribution in [0.5, 0.6) is 5.75 Å². The van der Waals surface area contributed by atoms with E-state index in [1.54, 1.807) is 16.8 Å². The van der Waals surface area contributed by atoms with Crippen LogP contribution in [0.25, 0.3) is 6.08 Å². The van der Waals surface area contributed by atoms with Crippen LogP contribution < -0.4 is 4.74 Å². The van der Waals surface area contributed by atoms with Gasteiger partial charge in [-0.05, 0) is 32.1 Å². The number of carbonyl (C=O) groups is 1. The fraction of sp³-hybridized carbons (Fsp3) is 0.286. The van der Waals surface area contributed by atoms with E-state index in [2.05, 4.69) is 15.1 Å². The SMILES string of the molecule is CCn1ncnc1COc1ccc(C)nc1C=CC(=O)O. The molecule has 2 aromatic rings. The molecule has 0 amide bonds. The second-order valence-corrected chi connectivity index (χ2v) is 4.29. The van der Waals surface area contributed by atoms with Gasteiger partial charge in [-0.2, -0.15) is 5.10 Å². The third-order valence-corrected chi connectivity index (χ3v) is 2.76. The van der Waals surface area contributed by atoms with Gasteiger partial charge in [0, 0.05) is 18.3 Å². The molecule has 2 aromatic heterocycles. The fourth-order valence-electron chi connectivity index (χ4n) is 1.76. The van der Waals surface area contributed by atoms with Gasteiger partial charge >= 0.3 is 5.97 Å². The minimum absolute atomic E-state index is 0.243. The van der Waals surface area contributed by atoms with Gasteiger partial charge in [-0.25, -0.2) is 19.4 Å². The average Bonchev–Trinajstić information content (AvgIpc) is 2.91. The molecule has 0 aliphatic carbocycles. The molecule has 2 heterocycles. The minimum atomic E-state index is -1.03. The van der Waals surface area contributed by atoms with E-state index in [1.165, 1.54) is 12.4 Å². The molecule has 2 rings (SSSR count). The maximum absolute atomic E-state index is 10.6. The maximum atomic E-state index is 10.6. The van der Waals surface area contributed by atoms with Crippen LogP contribution in [0.4, 0.5) is 0 Å². The van der Waals surface area contributed by atoms with Crippen LogP contribution in [0, 0.1) is 6.92 Å². The molecule has 0 unspecified atom stereocenters. The lowest BCUT2D eigenvalue weighted by molar-refractivity contribution is -0.131. The van der Waals surface area contributed by atoms with Crippen LogP contribution in [0.2, 0.25) is 0 Å². The van der Waals surface area contributed by atoms with Crippen molar-refractivity contribution in [2.24, 2.45) is 0 Å². The van der Waals surface area contributed by atoms with E-state index in [0.717, 1.165) is 11.8 Å². The number of carboxylic acid groups (broad SMARTS) is 1. The summed E-state index contributed by atoms with van der Waals surface area (Å²) in [7, 11) is 0. The van der Waals surface area contributed by atoms with E-state index in [1.807, 2.05) is 13.8 Å². The zero-order valence-corrected chi connectivity index (χ0v) is 11.9. The van der Waals surface area contributed by atoms with Crippen molar-refractivity contribution in [2.45, 2.75) is 27.0 Å². The van der Waals surface area contributed by atoms with Crippen molar-refractivity contribution in [3.8, 4) is 5.75 Å². The summed E-state index contributed by atoms with van der Waals surface area (Å²) >= 11 is 0. The predicted octanol–water partition coefficient (Wildman–Crippen LogP) is 1.68. The van der Waals surface area contributed by atoms with Crippen LogP contribution in [0.15, 0.2) is 24.5 Å². The normalized spacial score (nSPS) is 11.0. The largest absolute Gasteiger partial charge is 0.483 e. The summed E-state index contributed by atoms with van der Waals surface area (Å²) in [5.41, 5.74) is 1.25. The van der Waals surface area contributed by atoms with Crippen molar-refractivity contribution in [3.05, 3.63) is 41.7 Å². The molecule has 7 nitrogen and oxygen atoms in total. The Morgan fingerprint density at radius 1 is 1.48 bits per heavy atom. The molecule has 0 aliphatic heterocycles. The summed E-state index contributed by atoms with van der Waals surface area (Å²) in [6.45, 7) is 4.74. The van der Waals surface area contributed by atoms with Crippen molar-refractivity contribution >= 4 is 12.0 Å². The van der Waals surface area contributed by atoms with E-state index in [-0.39, 0.29) is 6.61 Å². The number of hydrogen-bond donors (Lipinski definition) is 1. The number of carboxylic acids is 1. The van der Waals surface area contributed by atoms with Gasteiger partial charge in [0.15, 0.2) is 5.82 Å². The van der Waals surface area contributed by atoms with Crippen LogP contribution in [0.1, 0.15) is 24.1 Å². The Morgan fingerprint density at radius 3 is 3.00 bits per heavy atom. The molecule has 0 saturated carbocycles. The highest BCUT2D eigenvalue weighted by atomic mass is 16.5. The third-order valence-electron chi connectivity index (χ3n) is 2.76. The first-order valence-electron chi connectivity index (χ1n) is 6.48. The number of ether oxygens (including phenoxy) is 1. The first-order valence-corrected chi connectivity index (χ1v) is 6.48. The highest BCUT2D eigenvalue weighted by molar-refractivity contribution is 5.85. The van der Waals surface area contributed by atoms with Gasteiger partial charge in [0.05, 0.1) is 0 Å². The monoisotopic (exact) mass is 288 g/mol. The average molecular weight is 288 g/mol. The fourth-order valence-corrected chi connectivity index (χ4v) is 1.76. The summed E-state index contributed by atoms with van der Waals surface area (Å²) in [6, 6.07) is 3.56. The minimum Gasteiger partial charge on any atom is -0.483 e. The van der Waals surface area contributed by atoms with Gasteiger partial charge in [0.1, 0.15) is 24.4 Å². The maximum Gasteiger partial charge on any atom is 0.328 e. The summed E-state index contributed by atoms with van der Waals surface area (Å²) < 4.78 is 7.41. The van der Waals surface area contributed by atoms with Crippen molar-refractivity contribution in [1.29, 1.82) is 0 Å². The number of aliphatic carboxylic acids is 1. The Morgan fingerprint density at radius 2 is 2.29 bits per heavy atom. The lowest BCUT2D eigenvalue weighted by atomic mass is 10.2. The smallest absolute Gasteiger partial charge is 0.328 e. The molecule has 0 bridgehead atoms. The van der Waals surface area contributed by atoms with Crippen molar-refractivity contribution in [2.75, 3.05) is 0 Å². The predicted molar refractivity (Wildman–Crippen MR) is 75.7 cm³/mol. The standard InChI is InChI=1S/C14H16N4O3/c1-3-18-13(15-9-16-18)8-21-12-6-4-10(2)17-11(12)5-7-14(19)20/h4-7,9H,3,8H2,1-2H3,(H,19,20). The van der Waals surface area contributed by atoms with Gasteiger partial charge in [-0.1, -0.05) is 0 Å².